The van der Waals surface area contributed by atoms with Gasteiger partial charge in [0, 0.05) is 4.88 Å². The van der Waals surface area contributed by atoms with Crippen molar-refractivity contribution in [2.45, 2.75) is 6.92 Å². The minimum absolute atomic E-state index is 0.298. The Balaban J connectivity index is 2.59. The van der Waals surface area contributed by atoms with E-state index >= 15 is 0 Å². The summed E-state index contributed by atoms with van der Waals surface area (Å²) in [6.45, 7) is 2.10. The fourth-order valence-corrected chi connectivity index (χ4v) is 2.27. The van der Waals surface area contributed by atoms with Gasteiger partial charge >= 0.3 is 0 Å². The van der Waals surface area contributed by atoms with Gasteiger partial charge in [0.05, 0.1) is 0 Å². The molecule has 1 N–H and O–H groups in total. The molecule has 0 saturated carbocycles. The molecule has 1 nitrogen and oxygen atoms in total. The molecule has 2 aromatic rings. The van der Waals surface area contributed by atoms with Crippen molar-refractivity contribution in [3.05, 3.63) is 64.9 Å². The second-order valence-electron chi connectivity index (χ2n) is 3.71. The molecule has 1 heterocycles. The van der Waals surface area contributed by atoms with E-state index in [1.165, 1.54) is 10.4 Å². The first kappa shape index (κ1) is 11.7. The Morgan fingerprint density at radius 3 is 2.35 bits per heavy atom. The van der Waals surface area contributed by atoms with Gasteiger partial charge in [-0.05, 0) is 35.6 Å². The third kappa shape index (κ3) is 3.08. The van der Waals surface area contributed by atoms with Crippen LogP contribution in [-0.4, -0.2) is 5.11 Å². The first-order chi connectivity index (χ1) is 8.27. The van der Waals surface area contributed by atoms with Gasteiger partial charge in [0.25, 0.3) is 0 Å². The monoisotopic (exact) mass is 242 g/mol. The Hall–Kier alpha value is -1.80. The van der Waals surface area contributed by atoms with Crippen molar-refractivity contribution >= 4 is 11.3 Å². The highest BCUT2D eigenvalue weighted by molar-refractivity contribution is 7.09. The summed E-state index contributed by atoms with van der Waals surface area (Å²) >= 11 is 1.71. The molecule has 17 heavy (non-hydrogen) atoms. The second kappa shape index (κ2) is 5.51. The van der Waals surface area contributed by atoms with Gasteiger partial charge in [-0.2, -0.15) is 0 Å². The van der Waals surface area contributed by atoms with Gasteiger partial charge in [0.2, 0.25) is 0 Å². The number of rotatable bonds is 1. The summed E-state index contributed by atoms with van der Waals surface area (Å²) in [5.41, 5.74) is 2.30. The van der Waals surface area contributed by atoms with Crippen molar-refractivity contribution in [2.24, 2.45) is 0 Å². The maximum atomic E-state index is 9.30. The van der Waals surface area contributed by atoms with Crippen LogP contribution in [0.5, 0.6) is 5.75 Å². The minimum Gasteiger partial charge on any atom is -0.508 e. The molecule has 1 aromatic carbocycles. The van der Waals surface area contributed by atoms with Crippen molar-refractivity contribution in [2.75, 3.05) is 0 Å². The van der Waals surface area contributed by atoms with Gasteiger partial charge in [-0.15, -0.1) is 11.3 Å². The van der Waals surface area contributed by atoms with Crippen LogP contribution >= 0.6 is 11.3 Å². The Bertz CT molecular complexity index is 539. The summed E-state index contributed by atoms with van der Waals surface area (Å²) in [6, 6.07) is 17.5. The van der Waals surface area contributed by atoms with E-state index in [0.717, 1.165) is 5.56 Å². The third-order valence-corrected chi connectivity index (χ3v) is 3.34. The highest BCUT2D eigenvalue weighted by Gasteiger charge is 1.99. The average Bonchev–Trinajstić information content (AvgIpc) is 2.43. The second-order valence-corrected chi connectivity index (χ2v) is 4.83. The summed E-state index contributed by atoms with van der Waals surface area (Å²) in [5.74, 6) is 0.298. The van der Waals surface area contributed by atoms with E-state index in [4.69, 9.17) is 0 Å². The van der Waals surface area contributed by atoms with Crippen LogP contribution in [0.3, 0.4) is 0 Å². The predicted octanol–water partition coefficient (Wildman–Crippen LogP) is 4.55. The van der Waals surface area contributed by atoms with E-state index in [1.54, 1.807) is 23.5 Å². The molecule has 0 aliphatic carbocycles. The lowest BCUT2D eigenvalue weighted by Gasteiger charge is -2.02. The summed E-state index contributed by atoms with van der Waals surface area (Å²) < 4.78 is 0. The molecule has 0 amide bonds. The van der Waals surface area contributed by atoms with Crippen molar-refractivity contribution in [3.63, 3.8) is 0 Å². The maximum absolute atomic E-state index is 9.30. The number of phenolic OH excluding ortho intramolecular Hbond substituents is 1. The summed E-state index contributed by atoms with van der Waals surface area (Å²) in [5, 5.41) is 11.4. The number of phenols is 1. The van der Waals surface area contributed by atoms with E-state index in [2.05, 4.69) is 18.4 Å². The van der Waals surface area contributed by atoms with Crippen molar-refractivity contribution in [1.29, 1.82) is 0 Å². The van der Waals surface area contributed by atoms with Crippen LogP contribution in [0.25, 0.3) is 11.1 Å². The van der Waals surface area contributed by atoms with E-state index in [-0.39, 0.29) is 0 Å². The number of aryl methyl sites for hydroxylation is 1. The van der Waals surface area contributed by atoms with Gasteiger partial charge in [-0.3, -0.25) is 0 Å². The van der Waals surface area contributed by atoms with E-state index < -0.39 is 0 Å². The van der Waals surface area contributed by atoms with Crippen LogP contribution in [0.4, 0.5) is 0 Å². The normalized spacial score (nSPS) is 9.71. The van der Waals surface area contributed by atoms with Crippen LogP contribution in [0.1, 0.15) is 4.88 Å². The van der Waals surface area contributed by atoms with Crippen molar-refractivity contribution in [1.82, 2.24) is 0 Å². The molecule has 0 fully saturated rings. The number of aromatic hydroxyl groups is 1. The molecule has 86 valence electrons. The molecule has 0 spiro atoms. The van der Waals surface area contributed by atoms with Gasteiger partial charge in [-0.25, -0.2) is 0 Å². The Labute approximate surface area is 105 Å². The predicted molar refractivity (Wildman–Crippen MR) is 73.8 cm³/mol. The van der Waals surface area contributed by atoms with Crippen LogP contribution in [0.15, 0.2) is 60.0 Å². The molecule has 0 atom stereocenters. The van der Waals surface area contributed by atoms with E-state index in [0.29, 0.717) is 5.75 Å². The minimum atomic E-state index is 0.298. The van der Waals surface area contributed by atoms with Crippen LogP contribution in [0, 0.1) is 6.92 Å². The van der Waals surface area contributed by atoms with E-state index in [9.17, 15) is 5.11 Å². The molecule has 0 aliphatic heterocycles. The smallest absolute Gasteiger partial charge is 0.115 e. The fraction of sp³-hybridized carbons (Fsp3) is 0.0667. The molecule has 2 rings (SSSR count). The Morgan fingerprint density at radius 2 is 1.59 bits per heavy atom. The van der Waals surface area contributed by atoms with Gasteiger partial charge in [0.1, 0.15) is 5.75 Å². The molecule has 0 radical (unpaired) electrons. The van der Waals surface area contributed by atoms with Crippen LogP contribution in [-0.2, 0) is 0 Å². The lowest BCUT2D eigenvalue weighted by atomic mass is 10.1. The quantitative estimate of drug-likeness (QED) is 0.777. The molecule has 0 saturated heterocycles. The first-order valence-corrected chi connectivity index (χ1v) is 6.32. The number of benzene rings is 1. The highest BCUT2D eigenvalue weighted by atomic mass is 32.1. The van der Waals surface area contributed by atoms with Gasteiger partial charge < -0.3 is 5.11 Å². The zero-order valence-electron chi connectivity index (χ0n) is 9.63. The lowest BCUT2D eigenvalue weighted by Crippen LogP contribution is -1.77. The molecule has 0 bridgehead atoms. The first-order valence-electron chi connectivity index (χ1n) is 5.44. The molecule has 0 unspecified atom stereocenters. The molecule has 1 aromatic heterocycles. The van der Waals surface area contributed by atoms with Crippen LogP contribution < -0.4 is 0 Å². The Kier molecular flexibility index (Phi) is 3.78. The van der Waals surface area contributed by atoms with Crippen molar-refractivity contribution in [3.8, 4) is 16.9 Å². The average molecular weight is 242 g/mol. The summed E-state index contributed by atoms with van der Waals surface area (Å²) in [6.07, 6.45) is 0. The molecular weight excluding hydrogens is 228 g/mol. The van der Waals surface area contributed by atoms with Gasteiger partial charge in [0.15, 0.2) is 0 Å². The number of hydrogen-bond donors (Lipinski definition) is 1. The van der Waals surface area contributed by atoms with Gasteiger partial charge in [-0.1, -0.05) is 42.5 Å². The topological polar surface area (TPSA) is 20.2 Å². The molecule has 2 heteroatoms. The van der Waals surface area contributed by atoms with E-state index in [1.807, 2.05) is 36.4 Å². The molecular formula is C15H14OS. The summed E-state index contributed by atoms with van der Waals surface area (Å²) in [7, 11) is 0. The van der Waals surface area contributed by atoms with Crippen LogP contribution in [0.2, 0.25) is 0 Å². The standard InChI is InChI=1S/C15H14OS/c1-12-15(6-4-2-3-5-11-17-12)13-7-9-14(16)10-8-13/h2-11,16H,1H3. The molecule has 0 aliphatic rings. The number of hydrogen-bond acceptors (Lipinski definition) is 2. The lowest BCUT2D eigenvalue weighted by molar-refractivity contribution is 0.475. The third-order valence-electron chi connectivity index (χ3n) is 2.48. The largest absolute Gasteiger partial charge is 0.508 e. The zero-order chi connectivity index (χ0) is 12.1. The maximum Gasteiger partial charge on any atom is 0.115 e. The van der Waals surface area contributed by atoms with Crippen molar-refractivity contribution < 1.29 is 5.11 Å². The zero-order valence-corrected chi connectivity index (χ0v) is 10.4. The SMILES string of the molecule is Cc1sccccccc1-c1ccc(O)cc1. The Morgan fingerprint density at radius 1 is 0.882 bits per heavy atom. The highest BCUT2D eigenvalue weighted by Crippen LogP contribution is 2.25. The summed E-state index contributed by atoms with van der Waals surface area (Å²) in [4.78, 5) is 1.24. The fourth-order valence-electron chi connectivity index (χ4n) is 1.59.